The Labute approximate surface area is 145 Å². The van der Waals surface area contributed by atoms with Gasteiger partial charge in [0, 0.05) is 25.2 Å². The summed E-state index contributed by atoms with van der Waals surface area (Å²) in [5.74, 6) is 1.53. The molecule has 1 amide bonds. The highest BCUT2D eigenvalue weighted by Gasteiger charge is 2.38. The molecule has 0 spiro atoms. The van der Waals surface area contributed by atoms with Crippen LogP contribution in [0.1, 0.15) is 60.6 Å². The number of carbonyl (C=O) groups is 1. The van der Waals surface area contributed by atoms with Crippen LogP contribution in [-0.2, 0) is 13.0 Å². The van der Waals surface area contributed by atoms with E-state index in [0.717, 1.165) is 31.6 Å². The number of amides is 1. The van der Waals surface area contributed by atoms with E-state index >= 15 is 0 Å². The number of piperidine rings is 1. The molecule has 8 nitrogen and oxygen atoms in total. The molecule has 2 aromatic rings. The fourth-order valence-corrected chi connectivity index (χ4v) is 3.39. The Kier molecular flexibility index (Phi) is 4.07. The van der Waals surface area contributed by atoms with Gasteiger partial charge in [0.1, 0.15) is 0 Å². The second-order valence-electron chi connectivity index (χ2n) is 7.14. The van der Waals surface area contributed by atoms with Crippen LogP contribution < -0.4 is 0 Å². The molecule has 4 rings (SSSR count). The lowest BCUT2D eigenvalue weighted by Gasteiger charge is -2.38. The van der Waals surface area contributed by atoms with Gasteiger partial charge in [0.15, 0.2) is 5.82 Å². The molecular formula is C17H23N5O3. The molecule has 2 aliphatic rings. The zero-order chi connectivity index (χ0) is 17.4. The predicted octanol–water partition coefficient (Wildman–Crippen LogP) is 1.37. The number of β-amino-alcohol motifs (C(OH)–C–C–N with tert-alkyl or cyclic N) is 1. The summed E-state index contributed by atoms with van der Waals surface area (Å²) in [6, 6.07) is 0. The number of nitrogens with zero attached hydrogens (tertiary/aromatic N) is 5. The first kappa shape index (κ1) is 16.3. The van der Waals surface area contributed by atoms with Gasteiger partial charge in [-0.25, -0.2) is 0 Å². The van der Waals surface area contributed by atoms with E-state index in [2.05, 4.69) is 15.2 Å². The summed E-state index contributed by atoms with van der Waals surface area (Å²) in [6.07, 6.45) is 7.19. The van der Waals surface area contributed by atoms with Crippen molar-refractivity contribution in [2.75, 3.05) is 13.1 Å². The minimum Gasteiger partial charge on any atom is -0.388 e. The third-order valence-corrected chi connectivity index (χ3v) is 4.95. The molecule has 0 aromatic carbocycles. The van der Waals surface area contributed by atoms with E-state index in [1.54, 1.807) is 22.0 Å². The van der Waals surface area contributed by atoms with Crippen molar-refractivity contribution in [3.05, 3.63) is 29.7 Å². The Morgan fingerprint density at radius 2 is 2.32 bits per heavy atom. The van der Waals surface area contributed by atoms with E-state index < -0.39 is 5.60 Å². The van der Waals surface area contributed by atoms with E-state index in [4.69, 9.17) is 4.52 Å². The summed E-state index contributed by atoms with van der Waals surface area (Å²) >= 11 is 0. The minimum absolute atomic E-state index is 0.0953. The smallest absolute Gasteiger partial charge is 0.257 e. The molecule has 1 aliphatic carbocycles. The van der Waals surface area contributed by atoms with Gasteiger partial charge in [0.2, 0.25) is 5.89 Å². The first-order chi connectivity index (χ1) is 12.1. The van der Waals surface area contributed by atoms with E-state index in [1.165, 1.54) is 0 Å². The minimum atomic E-state index is -1.03. The number of aromatic nitrogens is 4. The fourth-order valence-electron chi connectivity index (χ4n) is 3.39. The number of rotatable bonds is 5. The maximum absolute atomic E-state index is 12.7. The Balaban J connectivity index is 1.44. The Hall–Kier alpha value is -2.22. The van der Waals surface area contributed by atoms with Gasteiger partial charge >= 0.3 is 0 Å². The molecule has 1 atom stereocenters. The van der Waals surface area contributed by atoms with Crippen molar-refractivity contribution in [2.24, 2.45) is 0 Å². The topological polar surface area (TPSA) is 97.3 Å². The van der Waals surface area contributed by atoms with E-state index in [9.17, 15) is 9.90 Å². The first-order valence-corrected chi connectivity index (χ1v) is 8.93. The molecule has 2 aromatic heterocycles. The average molecular weight is 345 g/mol. The van der Waals surface area contributed by atoms with Crippen molar-refractivity contribution in [1.82, 2.24) is 24.8 Å². The Morgan fingerprint density at radius 3 is 3.04 bits per heavy atom. The lowest BCUT2D eigenvalue weighted by molar-refractivity contribution is -0.0286. The van der Waals surface area contributed by atoms with Crippen LogP contribution in [0.3, 0.4) is 0 Å². The van der Waals surface area contributed by atoms with Gasteiger partial charge < -0.3 is 14.5 Å². The SMILES string of the molecule is CCn1cc(C(=O)N2CCCC(O)(Cc3nc(C4CC4)no3)C2)cn1. The van der Waals surface area contributed by atoms with Gasteiger partial charge in [-0.3, -0.25) is 9.48 Å². The lowest BCUT2D eigenvalue weighted by Crippen LogP contribution is -2.51. The zero-order valence-electron chi connectivity index (χ0n) is 14.4. The van der Waals surface area contributed by atoms with Crippen LogP contribution in [0.25, 0.3) is 0 Å². The predicted molar refractivity (Wildman–Crippen MR) is 88.0 cm³/mol. The van der Waals surface area contributed by atoms with E-state index in [1.807, 2.05) is 6.92 Å². The largest absolute Gasteiger partial charge is 0.388 e. The summed E-state index contributed by atoms with van der Waals surface area (Å²) in [5, 5.41) is 19.1. The van der Waals surface area contributed by atoms with Crippen molar-refractivity contribution in [1.29, 1.82) is 0 Å². The van der Waals surface area contributed by atoms with Crippen LogP contribution in [0.15, 0.2) is 16.9 Å². The average Bonchev–Trinajstić information content (AvgIpc) is 3.16. The van der Waals surface area contributed by atoms with E-state index in [0.29, 0.717) is 30.3 Å². The summed E-state index contributed by atoms with van der Waals surface area (Å²) in [6.45, 7) is 3.60. The van der Waals surface area contributed by atoms with Crippen molar-refractivity contribution in [3.63, 3.8) is 0 Å². The number of likely N-dealkylation sites (tertiary alicyclic amines) is 1. The molecule has 134 valence electrons. The number of aliphatic hydroxyl groups is 1. The number of hydrogen-bond donors (Lipinski definition) is 1. The third-order valence-electron chi connectivity index (χ3n) is 4.95. The highest BCUT2D eigenvalue weighted by atomic mass is 16.5. The molecule has 3 heterocycles. The molecule has 8 heteroatoms. The van der Waals surface area contributed by atoms with Crippen molar-refractivity contribution < 1.29 is 14.4 Å². The van der Waals surface area contributed by atoms with Gasteiger partial charge in [-0.05, 0) is 32.6 Å². The zero-order valence-corrected chi connectivity index (χ0v) is 14.4. The van der Waals surface area contributed by atoms with Gasteiger partial charge in [-0.2, -0.15) is 10.1 Å². The van der Waals surface area contributed by atoms with Crippen molar-refractivity contribution in [3.8, 4) is 0 Å². The number of carbonyl (C=O) groups excluding carboxylic acids is 1. The number of aryl methyl sites for hydroxylation is 1. The fraction of sp³-hybridized carbons (Fsp3) is 0.647. The second-order valence-corrected chi connectivity index (χ2v) is 7.14. The third kappa shape index (κ3) is 3.44. The summed E-state index contributed by atoms with van der Waals surface area (Å²) < 4.78 is 7.02. The molecule has 0 bridgehead atoms. The molecule has 1 aliphatic heterocycles. The van der Waals surface area contributed by atoms with Crippen LogP contribution in [0.4, 0.5) is 0 Å². The van der Waals surface area contributed by atoms with Crippen LogP contribution >= 0.6 is 0 Å². The molecule has 1 saturated heterocycles. The normalized spacial score (nSPS) is 23.8. The monoisotopic (exact) mass is 345 g/mol. The summed E-state index contributed by atoms with van der Waals surface area (Å²) in [5.41, 5.74) is -0.470. The summed E-state index contributed by atoms with van der Waals surface area (Å²) in [4.78, 5) is 18.8. The lowest BCUT2D eigenvalue weighted by atomic mass is 9.89. The standard InChI is InChI=1S/C17H23N5O3/c1-2-22-10-13(9-18-22)16(23)21-7-3-6-17(24,11-21)8-14-19-15(20-25-14)12-4-5-12/h9-10,12,24H,2-8,11H2,1H3. The molecule has 1 N–H and O–H groups in total. The molecule has 2 fully saturated rings. The van der Waals surface area contributed by atoms with Gasteiger partial charge in [-0.1, -0.05) is 5.16 Å². The van der Waals surface area contributed by atoms with Crippen LogP contribution in [0.5, 0.6) is 0 Å². The number of hydrogen-bond acceptors (Lipinski definition) is 6. The van der Waals surface area contributed by atoms with E-state index in [-0.39, 0.29) is 18.9 Å². The molecule has 25 heavy (non-hydrogen) atoms. The Morgan fingerprint density at radius 1 is 1.48 bits per heavy atom. The van der Waals surface area contributed by atoms with Gasteiger partial charge in [0.25, 0.3) is 5.91 Å². The molecule has 1 saturated carbocycles. The summed E-state index contributed by atoms with van der Waals surface area (Å²) in [7, 11) is 0. The van der Waals surface area contributed by atoms with Crippen LogP contribution in [-0.4, -0.2) is 54.5 Å². The van der Waals surface area contributed by atoms with Crippen LogP contribution in [0.2, 0.25) is 0 Å². The highest BCUT2D eigenvalue weighted by molar-refractivity contribution is 5.93. The van der Waals surface area contributed by atoms with Gasteiger partial charge in [0.05, 0.1) is 30.3 Å². The maximum Gasteiger partial charge on any atom is 0.257 e. The second kappa shape index (κ2) is 6.25. The first-order valence-electron chi connectivity index (χ1n) is 8.93. The molecule has 0 radical (unpaired) electrons. The Bertz CT molecular complexity index is 766. The van der Waals surface area contributed by atoms with Crippen molar-refractivity contribution in [2.45, 2.75) is 57.1 Å². The molecule has 1 unspecified atom stereocenters. The highest BCUT2D eigenvalue weighted by Crippen LogP contribution is 2.38. The van der Waals surface area contributed by atoms with Crippen molar-refractivity contribution >= 4 is 5.91 Å². The molecular weight excluding hydrogens is 322 g/mol. The van der Waals surface area contributed by atoms with Gasteiger partial charge in [-0.15, -0.1) is 0 Å². The quantitative estimate of drug-likeness (QED) is 0.879. The maximum atomic E-state index is 12.7. The van der Waals surface area contributed by atoms with Crippen LogP contribution in [0, 0.1) is 0 Å².